The van der Waals surface area contributed by atoms with Crippen LogP contribution in [0.1, 0.15) is 81.1 Å². The van der Waals surface area contributed by atoms with Gasteiger partial charge in [0.1, 0.15) is 0 Å². The molecule has 132 valence electrons. The number of unbranched alkanes of at least 4 members (excludes halogenated alkanes) is 1. The first-order valence-electron chi connectivity index (χ1n) is 9.26. The maximum Gasteiger partial charge on any atom is -0.0204 e. The molecule has 0 amide bonds. The lowest BCUT2D eigenvalue weighted by Gasteiger charge is -2.12. The molecule has 23 heavy (non-hydrogen) atoms. The number of allylic oxidation sites excluding steroid dienone is 9. The van der Waals surface area contributed by atoms with Crippen LogP contribution in [0.3, 0.4) is 0 Å². The van der Waals surface area contributed by atoms with Gasteiger partial charge in [-0.05, 0) is 64.0 Å². The zero-order chi connectivity index (χ0) is 18.3. The van der Waals surface area contributed by atoms with Crippen molar-refractivity contribution in [2.24, 2.45) is 5.92 Å². The summed E-state index contributed by atoms with van der Waals surface area (Å²) in [5.74, 6) is 0.602. The monoisotopic (exact) mass is 316 g/mol. The van der Waals surface area contributed by atoms with E-state index in [1.165, 1.54) is 42.4 Å². The fourth-order valence-electron chi connectivity index (χ4n) is 2.25. The Bertz CT molecular complexity index is 427. The van der Waals surface area contributed by atoms with E-state index in [1.807, 2.05) is 13.8 Å². The molecule has 0 rings (SSSR count). The van der Waals surface area contributed by atoms with Crippen molar-refractivity contribution in [1.82, 2.24) is 0 Å². The molecule has 0 fully saturated rings. The minimum atomic E-state index is 0.602. The van der Waals surface area contributed by atoms with E-state index in [0.29, 0.717) is 5.92 Å². The lowest BCUT2D eigenvalue weighted by molar-refractivity contribution is 0.653. The molecule has 0 aliphatic heterocycles. The van der Waals surface area contributed by atoms with E-state index in [4.69, 9.17) is 0 Å². The fraction of sp³-hybridized carbons (Fsp3) is 0.565. The van der Waals surface area contributed by atoms with E-state index < -0.39 is 0 Å². The largest absolute Gasteiger partial charge is 0.0955 e. The highest BCUT2D eigenvalue weighted by atomic mass is 14.1. The van der Waals surface area contributed by atoms with Crippen LogP contribution in [0, 0.1) is 5.92 Å². The van der Waals surface area contributed by atoms with E-state index in [0.717, 1.165) is 5.57 Å². The first kappa shape index (κ1) is 24.0. The van der Waals surface area contributed by atoms with E-state index in [1.54, 1.807) is 0 Å². The van der Waals surface area contributed by atoms with E-state index in [-0.39, 0.29) is 0 Å². The zero-order valence-electron chi connectivity index (χ0n) is 17.0. The van der Waals surface area contributed by atoms with Gasteiger partial charge in [0.25, 0.3) is 0 Å². The van der Waals surface area contributed by atoms with Crippen LogP contribution in [0.5, 0.6) is 0 Å². The van der Waals surface area contributed by atoms with Gasteiger partial charge in [-0.15, -0.1) is 0 Å². The highest BCUT2D eigenvalue weighted by molar-refractivity contribution is 5.47. The molecule has 0 heterocycles. The van der Waals surface area contributed by atoms with Gasteiger partial charge in [0.2, 0.25) is 0 Å². The van der Waals surface area contributed by atoms with Crippen LogP contribution >= 0.6 is 0 Å². The Morgan fingerprint density at radius 3 is 2.09 bits per heavy atom. The second kappa shape index (κ2) is 15.6. The molecule has 0 radical (unpaired) electrons. The van der Waals surface area contributed by atoms with Gasteiger partial charge >= 0.3 is 0 Å². The van der Waals surface area contributed by atoms with E-state index >= 15 is 0 Å². The highest BCUT2D eigenvalue weighted by Gasteiger charge is 2.04. The molecule has 1 atom stereocenters. The summed E-state index contributed by atoms with van der Waals surface area (Å²) >= 11 is 0. The lowest BCUT2D eigenvalue weighted by atomic mass is 9.94. The SMILES string of the molecule is C=C(C)C(=C\C(C)=C/C)/C(C)=C/C(C)CC/C=C\CCC.CC. The second-order valence-electron chi connectivity index (χ2n) is 6.04. The van der Waals surface area contributed by atoms with Crippen LogP contribution in [-0.4, -0.2) is 0 Å². The van der Waals surface area contributed by atoms with Crippen molar-refractivity contribution in [2.75, 3.05) is 0 Å². The molecule has 0 bridgehead atoms. The molecule has 0 heteroatoms. The predicted octanol–water partition coefficient (Wildman–Crippen LogP) is 8.20. The molecule has 0 aromatic rings. The van der Waals surface area contributed by atoms with Crippen LogP contribution in [-0.2, 0) is 0 Å². The van der Waals surface area contributed by atoms with Crippen LogP contribution in [0.4, 0.5) is 0 Å². The summed E-state index contributed by atoms with van der Waals surface area (Å²) in [6.45, 7) is 21.1. The minimum Gasteiger partial charge on any atom is -0.0955 e. The third kappa shape index (κ3) is 12.9. The van der Waals surface area contributed by atoms with Crippen molar-refractivity contribution in [3.8, 4) is 0 Å². The number of rotatable bonds is 9. The van der Waals surface area contributed by atoms with Crippen LogP contribution in [0.2, 0.25) is 0 Å². The van der Waals surface area contributed by atoms with Gasteiger partial charge < -0.3 is 0 Å². The Balaban J connectivity index is 0. The molecular weight excluding hydrogens is 276 g/mol. The molecule has 0 N–H and O–H groups in total. The van der Waals surface area contributed by atoms with Crippen molar-refractivity contribution >= 4 is 0 Å². The first-order chi connectivity index (χ1) is 10.9. The Hall–Kier alpha value is -1.30. The minimum absolute atomic E-state index is 0.602. The van der Waals surface area contributed by atoms with Crippen LogP contribution in [0.25, 0.3) is 0 Å². The average Bonchev–Trinajstić information content (AvgIpc) is 2.53. The smallest absolute Gasteiger partial charge is 0.0204 e. The van der Waals surface area contributed by atoms with Gasteiger partial charge in [-0.3, -0.25) is 0 Å². The number of hydrogen-bond donors (Lipinski definition) is 0. The topological polar surface area (TPSA) is 0 Å². The second-order valence-corrected chi connectivity index (χ2v) is 6.04. The maximum atomic E-state index is 4.12. The van der Waals surface area contributed by atoms with E-state index in [2.05, 4.69) is 78.5 Å². The lowest BCUT2D eigenvalue weighted by Crippen LogP contribution is -1.94. The summed E-state index contributed by atoms with van der Waals surface area (Å²) in [5.41, 5.74) is 5.05. The van der Waals surface area contributed by atoms with Crippen molar-refractivity contribution in [3.63, 3.8) is 0 Å². The Morgan fingerprint density at radius 1 is 1.04 bits per heavy atom. The van der Waals surface area contributed by atoms with Crippen molar-refractivity contribution in [1.29, 1.82) is 0 Å². The van der Waals surface area contributed by atoms with Gasteiger partial charge in [0.15, 0.2) is 0 Å². The van der Waals surface area contributed by atoms with Crippen molar-refractivity contribution in [2.45, 2.75) is 81.1 Å². The van der Waals surface area contributed by atoms with Crippen LogP contribution in [0.15, 0.2) is 59.3 Å². The maximum absolute atomic E-state index is 4.12. The molecule has 0 saturated heterocycles. The average molecular weight is 317 g/mol. The molecular formula is C23H40. The predicted molar refractivity (Wildman–Crippen MR) is 110 cm³/mol. The third-order valence-corrected chi connectivity index (χ3v) is 3.66. The Labute approximate surface area is 146 Å². The van der Waals surface area contributed by atoms with Gasteiger partial charge in [-0.2, -0.15) is 0 Å². The summed E-state index contributed by atoms with van der Waals surface area (Å²) in [5, 5.41) is 0. The summed E-state index contributed by atoms with van der Waals surface area (Å²) in [6.07, 6.45) is 16.2. The molecule has 0 saturated carbocycles. The van der Waals surface area contributed by atoms with E-state index in [9.17, 15) is 0 Å². The first-order valence-corrected chi connectivity index (χ1v) is 9.26. The molecule has 0 aromatic heterocycles. The summed E-state index contributed by atoms with van der Waals surface area (Å²) in [4.78, 5) is 0. The molecule has 0 aliphatic carbocycles. The Morgan fingerprint density at radius 2 is 1.61 bits per heavy atom. The molecule has 0 spiro atoms. The fourth-order valence-corrected chi connectivity index (χ4v) is 2.25. The highest BCUT2D eigenvalue weighted by Crippen LogP contribution is 2.22. The third-order valence-electron chi connectivity index (χ3n) is 3.66. The quantitative estimate of drug-likeness (QED) is 0.297. The summed E-state index contributed by atoms with van der Waals surface area (Å²) in [6, 6.07) is 0. The van der Waals surface area contributed by atoms with Gasteiger partial charge in [-0.1, -0.05) is 82.2 Å². The summed E-state index contributed by atoms with van der Waals surface area (Å²) in [7, 11) is 0. The van der Waals surface area contributed by atoms with Gasteiger partial charge in [0, 0.05) is 0 Å². The Kier molecular flexibility index (Phi) is 16.2. The van der Waals surface area contributed by atoms with Crippen molar-refractivity contribution < 1.29 is 0 Å². The van der Waals surface area contributed by atoms with Crippen molar-refractivity contribution in [3.05, 3.63) is 59.3 Å². The van der Waals surface area contributed by atoms with Crippen LogP contribution < -0.4 is 0 Å². The molecule has 0 aromatic carbocycles. The number of hydrogen-bond acceptors (Lipinski definition) is 0. The standard InChI is InChI=1S/C21H34.C2H6/c1-8-10-11-12-13-14-19(6)15-20(7)21(17(3)4)16-18(5)9-2;1-2/h9,11-12,15-16,19H,3,8,10,13-14H2,1-2,4-7H3;1-2H3/b12-11-,18-9-,20-15+,21-16+;. The van der Waals surface area contributed by atoms with Gasteiger partial charge in [0.05, 0.1) is 0 Å². The summed E-state index contributed by atoms with van der Waals surface area (Å²) < 4.78 is 0. The zero-order valence-corrected chi connectivity index (χ0v) is 17.0. The molecule has 0 aliphatic rings. The van der Waals surface area contributed by atoms with Gasteiger partial charge in [-0.25, -0.2) is 0 Å². The normalized spacial score (nSPS) is 14.5. The molecule has 0 nitrogen and oxygen atoms in total. The molecule has 1 unspecified atom stereocenters.